The Balaban J connectivity index is 1.92. The molecule has 11 heteroatoms. The van der Waals surface area contributed by atoms with Crippen LogP contribution in [0.25, 0.3) is 0 Å². The average Bonchev–Trinajstić information content (AvgIpc) is 3.51. The van der Waals surface area contributed by atoms with Crippen LogP contribution < -0.4 is 5.73 Å². The summed E-state index contributed by atoms with van der Waals surface area (Å²) in [7, 11) is 0. The van der Waals surface area contributed by atoms with Gasteiger partial charge in [0.25, 0.3) is 11.8 Å². The molecule has 0 aromatic rings. The largest absolute Gasteiger partial charge is 0.477 e. The number of carbonyl (C=O) groups excluding carboxylic acids is 3. The summed E-state index contributed by atoms with van der Waals surface area (Å²) >= 11 is 0. The summed E-state index contributed by atoms with van der Waals surface area (Å²) in [6.07, 6.45) is 10.2. The molecule has 0 aromatic heterocycles. The maximum Gasteiger partial charge on any atom is 0.347 e. The lowest BCUT2D eigenvalue weighted by atomic mass is 9.92. The van der Waals surface area contributed by atoms with Gasteiger partial charge in [-0.05, 0) is 45.1 Å². The number of amides is 3. The fraction of sp³-hybridized carbons (Fsp3) is 0.583. The SMILES string of the molecule is C[CH]C1(C(=N)N=CC(=O)O)C=C(C(=O)N(C(=O)[C@@H]2CCCN2C(=O)[C@H](C)N)C2CCCCC2)C=N1. The van der Waals surface area contributed by atoms with Crippen molar-refractivity contribution in [3.05, 3.63) is 18.1 Å². The number of rotatable bonds is 7. The first kappa shape index (κ1) is 26.4. The standard InChI is InChI=1S/C24H33N6O5/c1-3-24(23(26)27-14-19(31)32)12-16(13-28-24)21(34)30(17-8-5-4-6-9-17)22(35)18-10-7-11-29(18)20(33)15(2)25/h3,12-15,17-18,26H,4-11,25H2,1-2H3,(H,31,32)/t15-,18-,24?/m0/s1. The summed E-state index contributed by atoms with van der Waals surface area (Å²) in [6.45, 7) is 3.63. The lowest BCUT2D eigenvalue weighted by Gasteiger charge is -2.36. The number of carboxylic acid groups (broad SMARTS) is 1. The summed E-state index contributed by atoms with van der Waals surface area (Å²) in [5, 5.41) is 17.0. The fourth-order valence-electron chi connectivity index (χ4n) is 4.89. The van der Waals surface area contributed by atoms with Crippen molar-refractivity contribution >= 4 is 42.0 Å². The number of aliphatic carboxylic acids is 1. The molecule has 11 nitrogen and oxygen atoms in total. The normalized spacial score (nSPS) is 25.5. The molecule has 0 bridgehead atoms. The molecule has 1 saturated carbocycles. The van der Waals surface area contributed by atoms with Crippen LogP contribution in [0.5, 0.6) is 0 Å². The zero-order chi connectivity index (χ0) is 25.8. The van der Waals surface area contributed by atoms with Gasteiger partial charge in [-0.1, -0.05) is 26.2 Å². The molecule has 189 valence electrons. The fourth-order valence-corrected chi connectivity index (χ4v) is 4.89. The van der Waals surface area contributed by atoms with Gasteiger partial charge in [-0.25, -0.2) is 9.79 Å². The molecule has 0 aromatic carbocycles. The lowest BCUT2D eigenvalue weighted by Crippen LogP contribution is -2.56. The summed E-state index contributed by atoms with van der Waals surface area (Å²) in [4.78, 5) is 61.7. The van der Waals surface area contributed by atoms with Crippen LogP contribution in [0.2, 0.25) is 0 Å². The first-order valence-corrected chi connectivity index (χ1v) is 12.0. The number of amidine groups is 1. The smallest absolute Gasteiger partial charge is 0.347 e. The topological polar surface area (TPSA) is 170 Å². The Morgan fingerprint density at radius 3 is 2.54 bits per heavy atom. The highest BCUT2D eigenvalue weighted by atomic mass is 16.4. The van der Waals surface area contributed by atoms with Crippen LogP contribution in [0, 0.1) is 11.8 Å². The van der Waals surface area contributed by atoms with E-state index in [0.29, 0.717) is 38.4 Å². The molecule has 35 heavy (non-hydrogen) atoms. The van der Waals surface area contributed by atoms with Crippen molar-refractivity contribution in [3.8, 4) is 0 Å². The molecule has 3 atom stereocenters. The predicted molar refractivity (Wildman–Crippen MR) is 130 cm³/mol. The van der Waals surface area contributed by atoms with Gasteiger partial charge < -0.3 is 15.7 Å². The minimum atomic E-state index is -1.40. The van der Waals surface area contributed by atoms with Crippen LogP contribution >= 0.6 is 0 Å². The van der Waals surface area contributed by atoms with E-state index in [1.54, 1.807) is 13.8 Å². The Hall–Kier alpha value is -3.21. The molecular weight excluding hydrogens is 452 g/mol. The second-order valence-corrected chi connectivity index (χ2v) is 9.20. The maximum absolute atomic E-state index is 13.8. The van der Waals surface area contributed by atoms with Gasteiger partial charge in [0.1, 0.15) is 17.8 Å². The van der Waals surface area contributed by atoms with Crippen LogP contribution in [-0.4, -0.2) is 87.1 Å². The van der Waals surface area contributed by atoms with Gasteiger partial charge in [-0.3, -0.25) is 29.7 Å². The number of likely N-dealkylation sites (tertiary alicyclic amines) is 1. The van der Waals surface area contributed by atoms with E-state index in [-0.39, 0.29) is 23.4 Å². The monoisotopic (exact) mass is 485 g/mol. The van der Waals surface area contributed by atoms with Crippen LogP contribution in [0.4, 0.5) is 0 Å². The quantitative estimate of drug-likeness (QED) is 0.277. The van der Waals surface area contributed by atoms with Crippen molar-refractivity contribution in [2.75, 3.05) is 6.54 Å². The molecule has 3 rings (SSSR count). The number of nitrogens with one attached hydrogen (secondary N) is 1. The Kier molecular flexibility index (Phi) is 8.31. The van der Waals surface area contributed by atoms with Crippen molar-refractivity contribution in [2.24, 2.45) is 15.7 Å². The molecule has 1 aliphatic carbocycles. The molecule has 3 amide bonds. The molecule has 2 aliphatic heterocycles. The maximum atomic E-state index is 13.8. The number of nitrogens with zero attached hydrogens (tertiary/aromatic N) is 4. The van der Waals surface area contributed by atoms with Crippen molar-refractivity contribution in [2.45, 2.75) is 82.5 Å². The average molecular weight is 486 g/mol. The van der Waals surface area contributed by atoms with Crippen molar-refractivity contribution in [1.82, 2.24) is 9.80 Å². The molecule has 0 spiro atoms. The van der Waals surface area contributed by atoms with Crippen molar-refractivity contribution in [1.29, 1.82) is 5.41 Å². The summed E-state index contributed by atoms with van der Waals surface area (Å²) in [5.74, 6) is -2.94. The Morgan fingerprint density at radius 2 is 1.94 bits per heavy atom. The molecule has 4 N–H and O–H groups in total. The molecule has 3 aliphatic rings. The first-order valence-electron chi connectivity index (χ1n) is 12.0. The van der Waals surface area contributed by atoms with E-state index in [0.717, 1.165) is 19.3 Å². The van der Waals surface area contributed by atoms with Gasteiger partial charge in [0.05, 0.1) is 11.6 Å². The van der Waals surface area contributed by atoms with Gasteiger partial charge in [0.2, 0.25) is 5.91 Å². The number of carbonyl (C=O) groups is 4. The number of aliphatic imine (C=N–C) groups is 2. The molecule has 2 heterocycles. The Morgan fingerprint density at radius 1 is 1.26 bits per heavy atom. The van der Waals surface area contributed by atoms with Gasteiger partial charge in [-0.15, -0.1) is 0 Å². The van der Waals surface area contributed by atoms with E-state index >= 15 is 0 Å². The van der Waals surface area contributed by atoms with Crippen LogP contribution in [0.3, 0.4) is 0 Å². The zero-order valence-electron chi connectivity index (χ0n) is 20.1. The zero-order valence-corrected chi connectivity index (χ0v) is 20.1. The molecule has 1 radical (unpaired) electrons. The highest BCUT2D eigenvalue weighted by Gasteiger charge is 2.44. The lowest BCUT2D eigenvalue weighted by molar-refractivity contribution is -0.152. The Labute approximate surface area is 204 Å². The number of hydrogen-bond donors (Lipinski definition) is 3. The highest BCUT2D eigenvalue weighted by molar-refractivity contribution is 6.26. The first-order chi connectivity index (χ1) is 16.6. The minimum absolute atomic E-state index is 0.125. The number of nitrogens with two attached hydrogens (primary N) is 1. The second kappa shape index (κ2) is 11.0. The highest BCUT2D eigenvalue weighted by Crippen LogP contribution is 2.31. The van der Waals surface area contributed by atoms with Gasteiger partial charge >= 0.3 is 5.97 Å². The number of carboxylic acids is 1. The summed E-state index contributed by atoms with van der Waals surface area (Å²) in [6, 6.07) is -1.79. The van der Waals surface area contributed by atoms with E-state index in [1.165, 1.54) is 28.5 Å². The van der Waals surface area contributed by atoms with Gasteiger partial charge in [-0.2, -0.15) is 0 Å². The Bertz CT molecular complexity index is 981. The third kappa shape index (κ3) is 5.55. The minimum Gasteiger partial charge on any atom is -0.477 e. The van der Waals surface area contributed by atoms with Crippen LogP contribution in [0.15, 0.2) is 21.6 Å². The van der Waals surface area contributed by atoms with E-state index in [1.807, 2.05) is 0 Å². The van der Waals surface area contributed by atoms with Gasteiger partial charge in [0, 0.05) is 18.8 Å². The number of hydrogen-bond acceptors (Lipinski definition) is 7. The molecule has 1 unspecified atom stereocenters. The third-order valence-electron chi connectivity index (χ3n) is 6.77. The second-order valence-electron chi connectivity index (χ2n) is 9.20. The predicted octanol–water partition coefficient (Wildman–Crippen LogP) is 1.12. The van der Waals surface area contributed by atoms with Crippen LogP contribution in [0.1, 0.15) is 58.8 Å². The van der Waals surface area contributed by atoms with E-state index in [4.69, 9.17) is 16.2 Å². The van der Waals surface area contributed by atoms with Gasteiger partial charge in [0.15, 0.2) is 5.84 Å². The molecule has 1 saturated heterocycles. The van der Waals surface area contributed by atoms with E-state index in [2.05, 4.69) is 9.98 Å². The summed E-state index contributed by atoms with van der Waals surface area (Å²) in [5.41, 5.74) is 4.52. The number of imide groups is 1. The third-order valence-corrected chi connectivity index (χ3v) is 6.77. The van der Waals surface area contributed by atoms with E-state index < -0.39 is 35.4 Å². The van der Waals surface area contributed by atoms with Crippen molar-refractivity contribution < 1.29 is 24.3 Å². The van der Waals surface area contributed by atoms with Crippen LogP contribution in [-0.2, 0) is 19.2 Å². The molecular formula is C24H33N6O5. The molecule has 2 fully saturated rings. The summed E-state index contributed by atoms with van der Waals surface area (Å²) < 4.78 is 0. The van der Waals surface area contributed by atoms with E-state index in [9.17, 15) is 19.2 Å². The van der Waals surface area contributed by atoms with Crippen molar-refractivity contribution in [3.63, 3.8) is 0 Å².